The second-order valence-electron chi connectivity index (χ2n) is 8.63. The van der Waals surface area contributed by atoms with Crippen LogP contribution in [0.25, 0.3) is 11.1 Å². The maximum absolute atomic E-state index is 12.9. The summed E-state index contributed by atoms with van der Waals surface area (Å²) in [6.45, 7) is 4.66. The Hall–Kier alpha value is -3.25. The van der Waals surface area contributed by atoms with Crippen molar-refractivity contribution in [1.82, 2.24) is 14.9 Å². The predicted octanol–water partition coefficient (Wildman–Crippen LogP) is 4.96. The lowest BCUT2D eigenvalue weighted by atomic mass is 9.96. The maximum Gasteiger partial charge on any atom is 0.228 e. The highest BCUT2D eigenvalue weighted by Crippen LogP contribution is 2.26. The summed E-state index contributed by atoms with van der Waals surface area (Å²) in [5.74, 6) is 1.80. The van der Waals surface area contributed by atoms with E-state index in [1.165, 1.54) is 0 Å². The first-order valence-electron chi connectivity index (χ1n) is 11.7. The summed E-state index contributed by atoms with van der Waals surface area (Å²) < 4.78 is 5.31. The predicted molar refractivity (Wildman–Crippen MR) is 131 cm³/mol. The monoisotopic (exact) mass is 444 g/mol. The molecule has 1 saturated heterocycles. The van der Waals surface area contributed by atoms with Crippen molar-refractivity contribution in [3.63, 3.8) is 0 Å². The lowest BCUT2D eigenvalue weighted by Crippen LogP contribution is -2.40. The van der Waals surface area contributed by atoms with E-state index in [2.05, 4.69) is 33.2 Å². The highest BCUT2D eigenvalue weighted by molar-refractivity contribution is 5.93. The number of nitrogens with zero attached hydrogens (tertiary/aromatic N) is 3. The average Bonchev–Trinajstić information content (AvgIpc) is 2.86. The van der Waals surface area contributed by atoms with Crippen molar-refractivity contribution in [3.8, 4) is 16.9 Å². The van der Waals surface area contributed by atoms with Crippen LogP contribution in [0.2, 0.25) is 0 Å². The number of likely N-dealkylation sites (tertiary alicyclic amines) is 1. The second-order valence-corrected chi connectivity index (χ2v) is 8.63. The number of carbonyl (C=O) groups is 1. The number of nitrogens with one attached hydrogen (secondary N) is 1. The lowest BCUT2D eigenvalue weighted by Gasteiger charge is -2.31. The Kier molecular flexibility index (Phi) is 7.68. The molecule has 2 heterocycles. The summed E-state index contributed by atoms with van der Waals surface area (Å²) in [4.78, 5) is 24.2. The van der Waals surface area contributed by atoms with Crippen LogP contribution in [-0.4, -0.2) is 41.0 Å². The number of piperidine rings is 1. The first-order chi connectivity index (χ1) is 16.1. The summed E-state index contributed by atoms with van der Waals surface area (Å²) in [6, 6.07) is 15.9. The fourth-order valence-corrected chi connectivity index (χ4v) is 4.28. The number of anilines is 1. The molecule has 6 heteroatoms. The first kappa shape index (κ1) is 22.9. The fraction of sp³-hybridized carbons (Fsp3) is 0.370. The van der Waals surface area contributed by atoms with Gasteiger partial charge in [0.1, 0.15) is 11.6 Å². The Morgan fingerprint density at radius 1 is 1.12 bits per heavy atom. The topological polar surface area (TPSA) is 67.4 Å². The number of rotatable bonds is 8. The molecule has 3 aromatic rings. The van der Waals surface area contributed by atoms with Gasteiger partial charge in [-0.1, -0.05) is 31.2 Å². The van der Waals surface area contributed by atoms with Gasteiger partial charge in [0.25, 0.3) is 0 Å². The minimum Gasteiger partial charge on any atom is -0.497 e. The molecule has 1 fully saturated rings. The highest BCUT2D eigenvalue weighted by atomic mass is 16.5. The van der Waals surface area contributed by atoms with Gasteiger partial charge >= 0.3 is 0 Å². The normalized spacial score (nSPS) is 16.4. The van der Waals surface area contributed by atoms with Gasteiger partial charge in [0.05, 0.1) is 13.0 Å². The van der Waals surface area contributed by atoms with Crippen molar-refractivity contribution in [2.24, 2.45) is 5.92 Å². The second kappa shape index (κ2) is 11.1. The van der Waals surface area contributed by atoms with Crippen LogP contribution in [-0.2, 0) is 17.8 Å². The van der Waals surface area contributed by atoms with E-state index in [1.54, 1.807) is 7.11 Å². The quantitative estimate of drug-likeness (QED) is 0.532. The molecule has 0 bridgehead atoms. The van der Waals surface area contributed by atoms with Crippen molar-refractivity contribution < 1.29 is 9.53 Å². The molecule has 1 atom stereocenters. The van der Waals surface area contributed by atoms with Crippen LogP contribution in [0.4, 0.5) is 5.69 Å². The Labute approximate surface area is 196 Å². The number of methoxy groups -OCH3 is 1. The zero-order valence-electron chi connectivity index (χ0n) is 19.5. The minimum absolute atomic E-state index is 0.0166. The summed E-state index contributed by atoms with van der Waals surface area (Å²) >= 11 is 0. The molecule has 1 aliphatic heterocycles. The van der Waals surface area contributed by atoms with Gasteiger partial charge in [0, 0.05) is 43.2 Å². The summed E-state index contributed by atoms with van der Waals surface area (Å²) in [5, 5.41) is 3.10. The van der Waals surface area contributed by atoms with Gasteiger partial charge in [-0.2, -0.15) is 0 Å². The molecule has 1 aliphatic rings. The molecule has 0 unspecified atom stereocenters. The molecule has 2 aromatic carbocycles. The maximum atomic E-state index is 12.9. The van der Waals surface area contributed by atoms with Crippen molar-refractivity contribution in [2.75, 3.05) is 25.5 Å². The number of ether oxygens (including phenoxy) is 1. The molecular formula is C27H32N4O2. The van der Waals surface area contributed by atoms with E-state index in [0.717, 1.165) is 79.3 Å². The van der Waals surface area contributed by atoms with Crippen LogP contribution in [0.1, 0.15) is 37.6 Å². The molecule has 1 N–H and O–H groups in total. The number of carbonyl (C=O) groups excluding carboxylic acids is 1. The van der Waals surface area contributed by atoms with Crippen LogP contribution < -0.4 is 10.1 Å². The van der Waals surface area contributed by atoms with Crippen LogP contribution in [0.3, 0.4) is 0 Å². The van der Waals surface area contributed by atoms with Crippen molar-refractivity contribution in [1.29, 1.82) is 0 Å². The third-order valence-electron chi connectivity index (χ3n) is 6.07. The largest absolute Gasteiger partial charge is 0.497 e. The molecule has 0 spiro atoms. The van der Waals surface area contributed by atoms with Crippen LogP contribution in [0.15, 0.2) is 60.9 Å². The highest BCUT2D eigenvalue weighted by Gasteiger charge is 2.26. The molecule has 0 aliphatic carbocycles. The Morgan fingerprint density at radius 2 is 1.91 bits per heavy atom. The summed E-state index contributed by atoms with van der Waals surface area (Å²) in [7, 11) is 1.67. The minimum atomic E-state index is -0.0166. The average molecular weight is 445 g/mol. The van der Waals surface area contributed by atoms with E-state index < -0.39 is 0 Å². The van der Waals surface area contributed by atoms with E-state index in [4.69, 9.17) is 4.74 Å². The van der Waals surface area contributed by atoms with E-state index >= 15 is 0 Å². The molecule has 4 rings (SSSR count). The number of amides is 1. The molecular weight excluding hydrogens is 412 g/mol. The van der Waals surface area contributed by atoms with Crippen LogP contribution >= 0.6 is 0 Å². The molecule has 0 saturated carbocycles. The number of hydrogen-bond donors (Lipinski definition) is 1. The summed E-state index contributed by atoms with van der Waals surface area (Å²) in [6.07, 6.45) is 7.73. The molecule has 172 valence electrons. The number of benzene rings is 2. The SMILES string of the molecule is CCCc1ncc(CN2CCC[C@@H](C(=O)Nc3ccc(-c4cccc(OC)c4)cc3)C2)cn1. The Balaban J connectivity index is 1.33. The van der Waals surface area contributed by atoms with Gasteiger partial charge in [0.2, 0.25) is 5.91 Å². The zero-order chi connectivity index (χ0) is 23.0. The van der Waals surface area contributed by atoms with E-state index in [1.807, 2.05) is 54.9 Å². The smallest absolute Gasteiger partial charge is 0.228 e. The Bertz CT molecular complexity index is 1050. The zero-order valence-corrected chi connectivity index (χ0v) is 19.5. The number of aryl methyl sites for hydroxylation is 1. The summed E-state index contributed by atoms with van der Waals surface area (Å²) in [5.41, 5.74) is 4.09. The standard InChI is InChI=1S/C27H32N4O2/c1-3-6-26-28-16-20(17-29-26)18-31-14-5-8-23(19-31)27(32)30-24-12-10-21(11-13-24)22-7-4-9-25(15-22)33-2/h4,7,9-13,15-17,23H,3,5-6,8,14,18-19H2,1-2H3,(H,30,32)/t23-/m1/s1. The lowest BCUT2D eigenvalue weighted by molar-refractivity contribution is -0.121. The third-order valence-corrected chi connectivity index (χ3v) is 6.07. The molecule has 1 aromatic heterocycles. The van der Waals surface area contributed by atoms with Gasteiger partial charge in [-0.3, -0.25) is 9.69 Å². The number of hydrogen-bond acceptors (Lipinski definition) is 5. The van der Waals surface area contributed by atoms with Gasteiger partial charge in [0.15, 0.2) is 0 Å². The van der Waals surface area contributed by atoms with Gasteiger partial charge in [-0.15, -0.1) is 0 Å². The van der Waals surface area contributed by atoms with Crippen LogP contribution in [0.5, 0.6) is 5.75 Å². The van der Waals surface area contributed by atoms with Gasteiger partial charge < -0.3 is 10.1 Å². The molecule has 0 radical (unpaired) electrons. The Morgan fingerprint density at radius 3 is 2.64 bits per heavy atom. The van der Waals surface area contributed by atoms with Gasteiger partial charge in [-0.25, -0.2) is 9.97 Å². The molecule has 6 nitrogen and oxygen atoms in total. The fourth-order valence-electron chi connectivity index (χ4n) is 4.28. The van der Waals surface area contributed by atoms with E-state index in [-0.39, 0.29) is 11.8 Å². The van der Waals surface area contributed by atoms with Crippen molar-refractivity contribution in [3.05, 3.63) is 72.3 Å². The molecule has 33 heavy (non-hydrogen) atoms. The van der Waals surface area contributed by atoms with Crippen molar-refractivity contribution in [2.45, 2.75) is 39.2 Å². The first-order valence-corrected chi connectivity index (χ1v) is 11.7. The number of aromatic nitrogens is 2. The van der Waals surface area contributed by atoms with E-state index in [0.29, 0.717) is 0 Å². The van der Waals surface area contributed by atoms with E-state index in [9.17, 15) is 4.79 Å². The van der Waals surface area contributed by atoms with Crippen LogP contribution in [0, 0.1) is 5.92 Å². The van der Waals surface area contributed by atoms with Crippen molar-refractivity contribution >= 4 is 11.6 Å². The van der Waals surface area contributed by atoms with Gasteiger partial charge in [-0.05, 0) is 61.2 Å². The molecule has 1 amide bonds. The third kappa shape index (κ3) is 6.17.